The molecule has 0 aromatic heterocycles. The normalized spacial score (nSPS) is 15.2. The maximum absolute atomic E-state index is 12.1. The minimum atomic E-state index is -3.74. The Morgan fingerprint density at radius 1 is 1.11 bits per heavy atom. The number of hydrogen-bond acceptors (Lipinski definition) is 6. The molecule has 0 heterocycles. The maximum atomic E-state index is 12.1. The molecule has 1 saturated carbocycles. The third-order valence-electron chi connectivity index (χ3n) is 4.48. The predicted molar refractivity (Wildman–Crippen MR) is 102 cm³/mol. The predicted octanol–water partition coefficient (Wildman–Crippen LogP) is 1.87. The monoisotopic (exact) mass is 407 g/mol. The van der Waals surface area contributed by atoms with Gasteiger partial charge in [0.1, 0.15) is 0 Å². The number of carbonyl (C=O) groups excluding carboxylic acids is 2. The highest BCUT2D eigenvalue weighted by Crippen LogP contribution is 2.17. The zero-order chi connectivity index (χ0) is 20.4. The van der Waals surface area contributed by atoms with Gasteiger partial charge in [0, 0.05) is 19.0 Å². The first kappa shape index (κ1) is 21.9. The lowest BCUT2D eigenvalue weighted by Crippen LogP contribution is -2.37. The summed E-state index contributed by atoms with van der Waals surface area (Å²) in [5.41, 5.74) is 0.151. The fourth-order valence-corrected chi connectivity index (χ4v) is 4.03. The summed E-state index contributed by atoms with van der Waals surface area (Å²) in [7, 11) is -3.74. The molecule has 0 radical (unpaired) electrons. The average Bonchev–Trinajstić information content (AvgIpc) is 2.95. The fraction of sp³-hybridized carbons (Fsp3) is 0.526. The second-order valence-corrected chi connectivity index (χ2v) is 8.43. The molecule has 0 spiro atoms. The molecule has 0 bridgehead atoms. The molecule has 1 fully saturated rings. The number of rotatable bonds is 8. The van der Waals surface area contributed by atoms with Crippen LogP contribution in [0.2, 0.25) is 0 Å². The van der Waals surface area contributed by atoms with E-state index in [0.717, 1.165) is 25.7 Å². The van der Waals surface area contributed by atoms with Crippen LogP contribution in [0.5, 0.6) is 0 Å². The number of esters is 1. The van der Waals surface area contributed by atoms with Gasteiger partial charge in [-0.15, -0.1) is 0 Å². The first-order valence-corrected chi connectivity index (χ1v) is 10.8. The van der Waals surface area contributed by atoms with E-state index in [1.807, 2.05) is 6.07 Å². The number of nitrogens with zero attached hydrogens (tertiary/aromatic N) is 1. The number of benzene rings is 1. The topological polar surface area (TPSA) is 125 Å². The van der Waals surface area contributed by atoms with Crippen molar-refractivity contribution in [3.63, 3.8) is 0 Å². The van der Waals surface area contributed by atoms with Crippen molar-refractivity contribution in [3.8, 4) is 6.07 Å². The summed E-state index contributed by atoms with van der Waals surface area (Å²) < 4.78 is 31.4. The van der Waals surface area contributed by atoms with Crippen molar-refractivity contribution >= 4 is 21.9 Å². The Hall–Kier alpha value is -2.44. The number of amides is 1. The molecule has 1 aliphatic carbocycles. The van der Waals surface area contributed by atoms with Crippen LogP contribution in [-0.2, 0) is 19.6 Å². The van der Waals surface area contributed by atoms with E-state index in [2.05, 4.69) is 10.0 Å². The molecule has 0 aliphatic heterocycles. The van der Waals surface area contributed by atoms with Gasteiger partial charge in [-0.1, -0.05) is 25.7 Å². The highest BCUT2D eigenvalue weighted by molar-refractivity contribution is 7.89. The first-order chi connectivity index (χ1) is 13.4. The molecule has 0 atom stereocenters. The molecule has 2 N–H and O–H groups in total. The van der Waals surface area contributed by atoms with E-state index < -0.39 is 16.0 Å². The Morgan fingerprint density at radius 2 is 1.75 bits per heavy atom. The lowest BCUT2D eigenvalue weighted by Gasteiger charge is -2.16. The molecular weight excluding hydrogens is 382 g/mol. The SMILES string of the molecule is N#CCCNS(=O)(=O)c1ccc(C(=O)OCC(=O)NC2CCCCCC2)cc1. The minimum absolute atomic E-state index is 0.0126. The van der Waals surface area contributed by atoms with Crippen molar-refractivity contribution in [1.29, 1.82) is 5.26 Å². The molecule has 2 rings (SSSR count). The molecule has 1 amide bonds. The van der Waals surface area contributed by atoms with E-state index >= 15 is 0 Å². The molecule has 152 valence electrons. The molecule has 8 nitrogen and oxygen atoms in total. The molecule has 1 aromatic carbocycles. The van der Waals surface area contributed by atoms with Gasteiger partial charge in [-0.05, 0) is 37.1 Å². The van der Waals surface area contributed by atoms with Gasteiger partial charge in [-0.3, -0.25) is 4.79 Å². The molecule has 9 heteroatoms. The van der Waals surface area contributed by atoms with Crippen molar-refractivity contribution < 1.29 is 22.7 Å². The van der Waals surface area contributed by atoms with Gasteiger partial charge in [-0.25, -0.2) is 17.9 Å². The summed E-state index contributed by atoms with van der Waals surface area (Å²) in [4.78, 5) is 24.0. The smallest absolute Gasteiger partial charge is 0.338 e. The summed E-state index contributed by atoms with van der Waals surface area (Å²) in [6, 6.07) is 7.18. The van der Waals surface area contributed by atoms with Gasteiger partial charge in [0.05, 0.1) is 16.5 Å². The summed E-state index contributed by atoms with van der Waals surface area (Å²) in [6.45, 7) is -0.357. The Bertz CT molecular complexity index is 807. The molecule has 0 saturated heterocycles. The van der Waals surface area contributed by atoms with Crippen LogP contribution in [0.3, 0.4) is 0 Å². The standard InChI is InChI=1S/C19H25N3O5S/c20-12-5-13-21-28(25,26)17-10-8-15(9-11-17)19(24)27-14-18(23)22-16-6-3-1-2-4-7-16/h8-11,16,21H,1-7,13-14H2,(H,22,23). The van der Waals surface area contributed by atoms with E-state index in [0.29, 0.717) is 0 Å². The van der Waals surface area contributed by atoms with Gasteiger partial charge < -0.3 is 10.1 Å². The van der Waals surface area contributed by atoms with E-state index in [9.17, 15) is 18.0 Å². The van der Waals surface area contributed by atoms with Crippen LogP contribution in [0.4, 0.5) is 0 Å². The highest BCUT2D eigenvalue weighted by Gasteiger charge is 2.18. The van der Waals surface area contributed by atoms with Crippen molar-refractivity contribution in [2.24, 2.45) is 0 Å². The number of ether oxygens (including phenoxy) is 1. The van der Waals surface area contributed by atoms with Gasteiger partial charge in [0.15, 0.2) is 6.61 Å². The Morgan fingerprint density at radius 3 is 2.36 bits per heavy atom. The average molecular weight is 407 g/mol. The van der Waals surface area contributed by atoms with Crippen LogP contribution < -0.4 is 10.0 Å². The third kappa shape index (κ3) is 6.94. The van der Waals surface area contributed by atoms with Gasteiger partial charge in [0.25, 0.3) is 5.91 Å². The third-order valence-corrected chi connectivity index (χ3v) is 5.96. The van der Waals surface area contributed by atoms with Crippen molar-refractivity contribution in [1.82, 2.24) is 10.0 Å². The van der Waals surface area contributed by atoms with Crippen LogP contribution in [0.15, 0.2) is 29.2 Å². The molecular formula is C19H25N3O5S. The van der Waals surface area contributed by atoms with Crippen LogP contribution in [0.25, 0.3) is 0 Å². The van der Waals surface area contributed by atoms with Crippen LogP contribution >= 0.6 is 0 Å². The maximum Gasteiger partial charge on any atom is 0.338 e. The van der Waals surface area contributed by atoms with Gasteiger partial charge in [0.2, 0.25) is 10.0 Å². The quantitative estimate of drug-likeness (QED) is 0.385. The molecule has 1 aliphatic rings. The minimum Gasteiger partial charge on any atom is -0.452 e. The van der Waals surface area contributed by atoms with Crippen molar-refractivity contribution in [2.45, 2.75) is 55.9 Å². The van der Waals surface area contributed by atoms with Crippen LogP contribution in [-0.4, -0.2) is 39.5 Å². The summed E-state index contributed by atoms with van der Waals surface area (Å²) in [6.07, 6.45) is 6.49. The second-order valence-electron chi connectivity index (χ2n) is 6.66. The number of sulfonamides is 1. The second kappa shape index (κ2) is 10.8. The lowest BCUT2D eigenvalue weighted by atomic mass is 10.1. The number of hydrogen-bond donors (Lipinski definition) is 2. The summed E-state index contributed by atoms with van der Waals surface area (Å²) >= 11 is 0. The fourth-order valence-electron chi connectivity index (χ4n) is 3.00. The molecule has 28 heavy (non-hydrogen) atoms. The van der Waals surface area contributed by atoms with Gasteiger partial charge in [-0.2, -0.15) is 5.26 Å². The Kier molecular flexibility index (Phi) is 8.42. The molecule has 0 unspecified atom stereocenters. The van der Waals surface area contributed by atoms with Gasteiger partial charge >= 0.3 is 5.97 Å². The Labute approximate surface area is 165 Å². The first-order valence-electron chi connectivity index (χ1n) is 9.35. The zero-order valence-corrected chi connectivity index (χ0v) is 16.5. The molecule has 1 aromatic rings. The van der Waals surface area contributed by atoms with E-state index in [4.69, 9.17) is 10.00 Å². The zero-order valence-electron chi connectivity index (χ0n) is 15.6. The van der Waals surface area contributed by atoms with Crippen molar-refractivity contribution in [3.05, 3.63) is 29.8 Å². The van der Waals surface area contributed by atoms with Crippen molar-refractivity contribution in [2.75, 3.05) is 13.2 Å². The van der Waals surface area contributed by atoms with E-state index in [-0.39, 0.29) is 42.0 Å². The van der Waals surface area contributed by atoms with Crippen LogP contribution in [0, 0.1) is 11.3 Å². The number of nitrogens with one attached hydrogen (secondary N) is 2. The Balaban J connectivity index is 1.83. The number of nitriles is 1. The summed E-state index contributed by atoms with van der Waals surface area (Å²) in [5, 5.41) is 11.4. The van der Waals surface area contributed by atoms with E-state index in [1.165, 1.54) is 37.1 Å². The highest BCUT2D eigenvalue weighted by atomic mass is 32.2. The lowest BCUT2D eigenvalue weighted by molar-refractivity contribution is -0.125. The van der Waals surface area contributed by atoms with E-state index in [1.54, 1.807) is 0 Å². The number of carbonyl (C=O) groups is 2. The summed E-state index contributed by atoms with van der Waals surface area (Å²) in [5.74, 6) is -1.03. The van der Waals surface area contributed by atoms with Crippen LogP contribution in [0.1, 0.15) is 55.3 Å². The largest absolute Gasteiger partial charge is 0.452 e.